The third-order valence-corrected chi connectivity index (χ3v) is 12.1. The van der Waals surface area contributed by atoms with Gasteiger partial charge in [0, 0.05) is 100 Å². The average molecular weight is 743 g/mol. The molecule has 286 valence electrons. The van der Waals surface area contributed by atoms with E-state index in [9.17, 15) is 18.4 Å². The van der Waals surface area contributed by atoms with Gasteiger partial charge in [-0.15, -0.1) is 10.2 Å². The van der Waals surface area contributed by atoms with Crippen LogP contribution in [0.3, 0.4) is 0 Å². The van der Waals surface area contributed by atoms with Gasteiger partial charge in [0.25, 0.3) is 6.43 Å². The molecule has 0 spiro atoms. The number of aromatic carboxylic acids is 1. The Morgan fingerprint density at radius 3 is 2.50 bits per heavy atom. The number of nitrogens with zero attached hydrogens (tertiary/aromatic N) is 10. The predicted molar refractivity (Wildman–Crippen MR) is 199 cm³/mol. The van der Waals surface area contributed by atoms with E-state index >= 15 is 0 Å². The van der Waals surface area contributed by atoms with Crippen molar-refractivity contribution < 1.29 is 23.5 Å². The first-order valence-electron chi connectivity index (χ1n) is 19.2. The van der Waals surface area contributed by atoms with Gasteiger partial charge in [0.15, 0.2) is 17.3 Å². The Morgan fingerprint density at radius 2 is 1.83 bits per heavy atom. The van der Waals surface area contributed by atoms with Gasteiger partial charge in [0.1, 0.15) is 0 Å². The van der Waals surface area contributed by atoms with Crippen LogP contribution >= 0.6 is 0 Å². The summed E-state index contributed by atoms with van der Waals surface area (Å²) in [4.78, 5) is 32.6. The molecular weight excluding hydrogens is 694 g/mol. The molecule has 0 radical (unpaired) electrons. The molecule has 0 aliphatic carbocycles. The number of alkyl halides is 2. The summed E-state index contributed by atoms with van der Waals surface area (Å²) in [5.41, 5.74) is 5.12. The van der Waals surface area contributed by atoms with Gasteiger partial charge in [0.05, 0.1) is 18.8 Å². The van der Waals surface area contributed by atoms with E-state index in [2.05, 4.69) is 41.6 Å². The summed E-state index contributed by atoms with van der Waals surface area (Å²) < 4.78 is 33.2. The molecule has 2 saturated heterocycles. The van der Waals surface area contributed by atoms with Crippen molar-refractivity contribution in [1.82, 2.24) is 39.6 Å². The summed E-state index contributed by atoms with van der Waals surface area (Å²) in [6.45, 7) is 10.3. The first-order chi connectivity index (χ1) is 26.0. The van der Waals surface area contributed by atoms with Crippen LogP contribution in [0.4, 0.5) is 26.1 Å². The van der Waals surface area contributed by atoms with Crippen LogP contribution in [0.5, 0.6) is 0 Å². The van der Waals surface area contributed by atoms with Crippen molar-refractivity contribution in [1.29, 1.82) is 0 Å². The number of aryl methyl sites for hydroxylation is 2. The molecule has 54 heavy (non-hydrogen) atoms. The average Bonchev–Trinajstić information content (AvgIpc) is 3.78. The summed E-state index contributed by atoms with van der Waals surface area (Å²) >= 11 is 0. The zero-order chi connectivity index (χ0) is 37.7. The SMILES string of the molecule is CC(=O)N1CCc2c(c(N3CCCc4cc(-c5cnn(C)c5)c(C(F)F)cc43)nn2C2CCN(C[C@H]3CCN(c4ccc(C(=O)O)nn4)C[C@H]3C)CC2)C1. The Bertz CT molecular complexity index is 2020. The van der Waals surface area contributed by atoms with E-state index in [0.717, 1.165) is 99.0 Å². The number of carbonyl (C=O) groups is 2. The number of carbonyl (C=O) groups excluding carboxylic acids is 1. The maximum Gasteiger partial charge on any atom is 0.356 e. The Balaban J connectivity index is 0.997. The topological polar surface area (TPSA) is 129 Å². The van der Waals surface area contributed by atoms with Crippen LogP contribution in [-0.2, 0) is 31.2 Å². The first kappa shape index (κ1) is 36.1. The molecule has 1 amide bonds. The molecule has 0 saturated carbocycles. The van der Waals surface area contributed by atoms with Crippen LogP contribution in [0.15, 0.2) is 36.7 Å². The van der Waals surface area contributed by atoms with E-state index in [0.29, 0.717) is 49.0 Å². The fourth-order valence-electron chi connectivity index (χ4n) is 9.04. The molecule has 0 bridgehead atoms. The van der Waals surface area contributed by atoms with Gasteiger partial charge in [-0.05, 0) is 79.3 Å². The Hall–Kier alpha value is -4.92. The summed E-state index contributed by atoms with van der Waals surface area (Å²) in [5, 5.41) is 26.8. The standard InChI is InChI=1S/C39H48F2N10O3/c1-24-20-49(36-7-6-33(39(53)54)43-44-36)15-8-27(24)22-47-13-9-29(10-14-47)51-34-11-16-48(25(2)52)23-32(34)38(45-51)50-12-4-5-26-17-30(28-19-42-46(3)21-28)31(37(40)41)18-35(26)50/h6-7,17-19,21,24,27,29,37H,4-5,8-16,20,22-23H2,1-3H3,(H,53,54)/t24-,27-/m1/s1. The Labute approximate surface area is 313 Å². The number of rotatable bonds is 8. The van der Waals surface area contributed by atoms with Crippen molar-refractivity contribution >= 4 is 29.2 Å². The number of hydrogen-bond donors (Lipinski definition) is 1. The van der Waals surface area contributed by atoms with Crippen molar-refractivity contribution in [2.45, 2.75) is 71.4 Å². The third kappa shape index (κ3) is 6.93. The van der Waals surface area contributed by atoms with Crippen LogP contribution in [0.1, 0.15) is 84.9 Å². The second-order valence-electron chi connectivity index (χ2n) is 15.5. The zero-order valence-corrected chi connectivity index (χ0v) is 31.2. The lowest BCUT2D eigenvalue weighted by molar-refractivity contribution is -0.129. The number of carboxylic acid groups (broad SMARTS) is 1. The fraction of sp³-hybridized carbons (Fsp3) is 0.538. The lowest BCUT2D eigenvalue weighted by Gasteiger charge is -2.41. The normalized spacial score (nSPS) is 21.0. The van der Waals surface area contributed by atoms with E-state index in [1.54, 1.807) is 43.2 Å². The molecule has 13 nitrogen and oxygen atoms in total. The molecule has 8 rings (SSSR count). The minimum Gasteiger partial charge on any atom is -0.476 e. The molecule has 4 aliphatic heterocycles. The highest BCUT2D eigenvalue weighted by Gasteiger charge is 2.36. The number of hydrogen-bond acceptors (Lipinski definition) is 9. The molecule has 1 N–H and O–H groups in total. The second kappa shape index (κ2) is 14.7. The molecule has 2 fully saturated rings. The number of anilines is 3. The Morgan fingerprint density at radius 1 is 1.02 bits per heavy atom. The minimum absolute atomic E-state index is 0.0113. The lowest BCUT2D eigenvalue weighted by atomic mass is 9.86. The van der Waals surface area contributed by atoms with E-state index in [1.807, 2.05) is 11.0 Å². The highest BCUT2D eigenvalue weighted by atomic mass is 19.3. The minimum atomic E-state index is -2.65. The van der Waals surface area contributed by atoms with Gasteiger partial charge in [0.2, 0.25) is 5.91 Å². The highest BCUT2D eigenvalue weighted by molar-refractivity contribution is 5.85. The molecule has 3 aromatic heterocycles. The number of halogens is 2. The quantitative estimate of drug-likeness (QED) is 0.247. The smallest absolute Gasteiger partial charge is 0.356 e. The number of benzene rings is 1. The lowest BCUT2D eigenvalue weighted by Crippen LogP contribution is -2.46. The van der Waals surface area contributed by atoms with Crippen molar-refractivity contribution in [2.24, 2.45) is 18.9 Å². The number of aromatic nitrogens is 6. The number of carboxylic acids is 1. The number of piperidine rings is 2. The second-order valence-corrected chi connectivity index (χ2v) is 15.5. The number of likely N-dealkylation sites (tertiary alicyclic amines) is 1. The monoisotopic (exact) mass is 742 g/mol. The third-order valence-electron chi connectivity index (χ3n) is 12.1. The maximum atomic E-state index is 14.7. The fourth-order valence-corrected chi connectivity index (χ4v) is 9.04. The van der Waals surface area contributed by atoms with Gasteiger partial charge < -0.3 is 24.7 Å². The summed E-state index contributed by atoms with van der Waals surface area (Å²) in [6, 6.07) is 7.05. The van der Waals surface area contributed by atoms with Gasteiger partial charge in [-0.25, -0.2) is 13.6 Å². The van der Waals surface area contributed by atoms with Crippen molar-refractivity contribution in [3.05, 3.63) is 64.7 Å². The van der Waals surface area contributed by atoms with Crippen molar-refractivity contribution in [3.63, 3.8) is 0 Å². The summed E-state index contributed by atoms with van der Waals surface area (Å²) in [5.74, 6) is 1.44. The summed E-state index contributed by atoms with van der Waals surface area (Å²) in [7, 11) is 1.79. The molecule has 4 aromatic rings. The molecule has 2 atom stereocenters. The van der Waals surface area contributed by atoms with Crippen LogP contribution in [0.2, 0.25) is 0 Å². The van der Waals surface area contributed by atoms with Gasteiger partial charge in [-0.2, -0.15) is 10.2 Å². The molecular formula is C39H48F2N10O3. The first-order valence-corrected chi connectivity index (χ1v) is 19.2. The van der Waals surface area contributed by atoms with Crippen LogP contribution in [-0.4, -0.2) is 102 Å². The Kier molecular flexibility index (Phi) is 9.84. The molecule has 1 aromatic carbocycles. The predicted octanol–water partition coefficient (Wildman–Crippen LogP) is 5.50. The van der Waals surface area contributed by atoms with Gasteiger partial charge in [-0.1, -0.05) is 6.92 Å². The van der Waals surface area contributed by atoms with Crippen LogP contribution < -0.4 is 9.80 Å². The van der Waals surface area contributed by atoms with E-state index in [4.69, 9.17) is 10.2 Å². The molecule has 0 unspecified atom stereocenters. The van der Waals surface area contributed by atoms with Crippen molar-refractivity contribution in [3.8, 4) is 11.1 Å². The highest BCUT2D eigenvalue weighted by Crippen LogP contribution is 2.44. The van der Waals surface area contributed by atoms with Gasteiger partial charge >= 0.3 is 5.97 Å². The van der Waals surface area contributed by atoms with E-state index in [1.165, 1.54) is 6.07 Å². The van der Waals surface area contributed by atoms with Crippen LogP contribution in [0.25, 0.3) is 11.1 Å². The number of amides is 1. The molecule has 7 heterocycles. The number of fused-ring (bicyclic) bond motifs is 2. The molecule has 15 heteroatoms. The zero-order valence-electron chi connectivity index (χ0n) is 31.2. The largest absolute Gasteiger partial charge is 0.476 e. The summed E-state index contributed by atoms with van der Waals surface area (Å²) in [6.07, 6.45) is 6.08. The molecule has 4 aliphatic rings. The maximum absolute atomic E-state index is 14.7. The van der Waals surface area contributed by atoms with E-state index in [-0.39, 0.29) is 23.2 Å². The van der Waals surface area contributed by atoms with Gasteiger partial charge in [-0.3, -0.25) is 14.2 Å². The van der Waals surface area contributed by atoms with E-state index < -0.39 is 12.4 Å². The van der Waals surface area contributed by atoms with Crippen molar-refractivity contribution in [2.75, 3.05) is 55.6 Å². The van der Waals surface area contributed by atoms with Crippen LogP contribution in [0, 0.1) is 11.8 Å².